The number of aryl methyl sites for hydroxylation is 1. The van der Waals surface area contributed by atoms with E-state index in [1.165, 1.54) is 10.3 Å². The second-order valence-corrected chi connectivity index (χ2v) is 7.70. The van der Waals surface area contributed by atoms with Crippen LogP contribution in [0.2, 0.25) is 5.02 Å². The first-order valence-corrected chi connectivity index (χ1v) is 9.46. The first-order chi connectivity index (χ1) is 12.1. The molecule has 0 spiro atoms. The number of fused-ring (bicyclic) bond motifs is 1. The standard InChI is InChI=1S/C19H18ClN3OS/c1-13-2-7-16-17(12-13)25-19(21-16)23-10-8-22(9-11-23)18(24)14-3-5-15(20)6-4-14/h2-7,12H,8-11H2,1H3. The Bertz CT molecular complexity index is 914. The van der Waals surface area contributed by atoms with Gasteiger partial charge in [0.2, 0.25) is 0 Å². The van der Waals surface area contributed by atoms with E-state index < -0.39 is 0 Å². The zero-order valence-electron chi connectivity index (χ0n) is 13.9. The van der Waals surface area contributed by atoms with E-state index in [0.29, 0.717) is 23.7 Å². The van der Waals surface area contributed by atoms with E-state index in [0.717, 1.165) is 23.7 Å². The maximum Gasteiger partial charge on any atom is 0.253 e. The maximum atomic E-state index is 12.6. The van der Waals surface area contributed by atoms with Gasteiger partial charge in [-0.2, -0.15) is 0 Å². The van der Waals surface area contributed by atoms with Crippen LogP contribution in [0.3, 0.4) is 0 Å². The van der Waals surface area contributed by atoms with E-state index in [1.54, 1.807) is 35.6 Å². The second kappa shape index (κ2) is 6.65. The molecule has 4 nitrogen and oxygen atoms in total. The first-order valence-electron chi connectivity index (χ1n) is 8.27. The van der Waals surface area contributed by atoms with Crippen molar-refractivity contribution in [3.8, 4) is 0 Å². The van der Waals surface area contributed by atoms with Gasteiger partial charge in [0, 0.05) is 36.8 Å². The monoisotopic (exact) mass is 371 g/mol. The number of anilines is 1. The van der Waals surface area contributed by atoms with Crippen LogP contribution < -0.4 is 4.90 Å². The summed E-state index contributed by atoms with van der Waals surface area (Å²) in [5.74, 6) is 0.0660. The molecule has 1 fully saturated rings. The lowest BCUT2D eigenvalue weighted by molar-refractivity contribution is 0.0747. The third-order valence-corrected chi connectivity index (χ3v) is 5.79. The number of thiazole rings is 1. The van der Waals surface area contributed by atoms with Crippen LogP contribution in [0.5, 0.6) is 0 Å². The van der Waals surface area contributed by atoms with Crippen molar-refractivity contribution in [3.63, 3.8) is 0 Å². The summed E-state index contributed by atoms with van der Waals surface area (Å²) in [4.78, 5) is 21.5. The third kappa shape index (κ3) is 3.34. The molecule has 0 saturated carbocycles. The summed E-state index contributed by atoms with van der Waals surface area (Å²) in [6.45, 7) is 5.11. The average molecular weight is 372 g/mol. The van der Waals surface area contributed by atoms with E-state index >= 15 is 0 Å². The van der Waals surface area contributed by atoms with Crippen LogP contribution in [0.1, 0.15) is 15.9 Å². The molecule has 0 unspecified atom stereocenters. The van der Waals surface area contributed by atoms with Gasteiger partial charge in [-0.1, -0.05) is 29.0 Å². The Morgan fingerprint density at radius 3 is 2.52 bits per heavy atom. The Morgan fingerprint density at radius 2 is 1.80 bits per heavy atom. The smallest absolute Gasteiger partial charge is 0.253 e. The fourth-order valence-corrected chi connectivity index (χ4v) is 4.27. The Balaban J connectivity index is 1.45. The van der Waals surface area contributed by atoms with Crippen molar-refractivity contribution in [1.29, 1.82) is 0 Å². The highest BCUT2D eigenvalue weighted by atomic mass is 35.5. The third-order valence-electron chi connectivity index (χ3n) is 4.46. The molecular formula is C19H18ClN3OS. The van der Waals surface area contributed by atoms with Gasteiger partial charge in [-0.15, -0.1) is 0 Å². The summed E-state index contributed by atoms with van der Waals surface area (Å²) >= 11 is 7.62. The van der Waals surface area contributed by atoms with Crippen molar-refractivity contribution < 1.29 is 4.79 Å². The Hall–Kier alpha value is -2.11. The van der Waals surface area contributed by atoms with Gasteiger partial charge in [-0.05, 0) is 48.9 Å². The number of hydrogen-bond acceptors (Lipinski definition) is 4. The van der Waals surface area contributed by atoms with Gasteiger partial charge >= 0.3 is 0 Å². The van der Waals surface area contributed by atoms with Crippen LogP contribution in [-0.2, 0) is 0 Å². The summed E-state index contributed by atoms with van der Waals surface area (Å²) < 4.78 is 1.22. The predicted octanol–water partition coefficient (Wildman–Crippen LogP) is 4.22. The predicted molar refractivity (Wildman–Crippen MR) is 104 cm³/mol. The van der Waals surface area contributed by atoms with Crippen LogP contribution in [0.15, 0.2) is 42.5 Å². The number of carbonyl (C=O) groups excluding carboxylic acids is 1. The zero-order chi connectivity index (χ0) is 17.4. The minimum absolute atomic E-state index is 0.0660. The van der Waals surface area contributed by atoms with Crippen molar-refractivity contribution in [2.75, 3.05) is 31.1 Å². The van der Waals surface area contributed by atoms with Gasteiger partial charge in [0.15, 0.2) is 5.13 Å². The number of nitrogens with zero attached hydrogens (tertiary/aromatic N) is 3. The molecule has 1 amide bonds. The Labute approximate surface area is 155 Å². The number of amides is 1. The summed E-state index contributed by atoms with van der Waals surface area (Å²) in [6, 6.07) is 13.4. The molecule has 4 rings (SSSR count). The number of rotatable bonds is 2. The van der Waals surface area contributed by atoms with Crippen LogP contribution in [0.4, 0.5) is 5.13 Å². The lowest BCUT2D eigenvalue weighted by Gasteiger charge is -2.34. The van der Waals surface area contributed by atoms with E-state index in [-0.39, 0.29) is 5.91 Å². The van der Waals surface area contributed by atoms with E-state index in [2.05, 4.69) is 30.0 Å². The molecule has 0 atom stereocenters. The molecule has 0 N–H and O–H groups in total. The normalized spacial score (nSPS) is 15.0. The highest BCUT2D eigenvalue weighted by molar-refractivity contribution is 7.22. The molecule has 1 aliphatic heterocycles. The van der Waals surface area contributed by atoms with Gasteiger partial charge in [0.05, 0.1) is 10.2 Å². The molecular weight excluding hydrogens is 354 g/mol. The minimum atomic E-state index is 0.0660. The lowest BCUT2D eigenvalue weighted by atomic mass is 10.2. The summed E-state index contributed by atoms with van der Waals surface area (Å²) in [5.41, 5.74) is 2.99. The average Bonchev–Trinajstić information content (AvgIpc) is 3.05. The molecule has 1 saturated heterocycles. The van der Waals surface area contributed by atoms with Gasteiger partial charge in [-0.25, -0.2) is 4.98 Å². The van der Waals surface area contributed by atoms with Gasteiger partial charge in [0.1, 0.15) is 0 Å². The maximum absolute atomic E-state index is 12.6. The van der Waals surface area contributed by atoms with Gasteiger partial charge < -0.3 is 9.80 Å². The van der Waals surface area contributed by atoms with Crippen molar-refractivity contribution in [3.05, 3.63) is 58.6 Å². The molecule has 3 aromatic rings. The molecule has 1 aromatic heterocycles. The van der Waals surface area contributed by atoms with Crippen molar-refractivity contribution in [2.24, 2.45) is 0 Å². The fourth-order valence-electron chi connectivity index (χ4n) is 3.03. The number of carbonyl (C=O) groups is 1. The molecule has 6 heteroatoms. The van der Waals surface area contributed by atoms with Crippen molar-refractivity contribution in [1.82, 2.24) is 9.88 Å². The van der Waals surface area contributed by atoms with Crippen LogP contribution in [0.25, 0.3) is 10.2 Å². The lowest BCUT2D eigenvalue weighted by Crippen LogP contribution is -2.48. The van der Waals surface area contributed by atoms with Crippen molar-refractivity contribution >= 4 is 44.2 Å². The zero-order valence-corrected chi connectivity index (χ0v) is 15.5. The van der Waals surface area contributed by atoms with E-state index in [9.17, 15) is 4.79 Å². The molecule has 0 bridgehead atoms. The van der Waals surface area contributed by atoms with E-state index in [4.69, 9.17) is 16.6 Å². The Morgan fingerprint density at radius 1 is 1.08 bits per heavy atom. The molecule has 2 heterocycles. The van der Waals surface area contributed by atoms with E-state index in [1.807, 2.05) is 4.90 Å². The molecule has 1 aliphatic rings. The first kappa shape index (κ1) is 16.4. The largest absolute Gasteiger partial charge is 0.345 e. The Kier molecular flexibility index (Phi) is 4.36. The second-order valence-electron chi connectivity index (χ2n) is 6.25. The van der Waals surface area contributed by atoms with Crippen LogP contribution >= 0.6 is 22.9 Å². The number of piperazine rings is 1. The topological polar surface area (TPSA) is 36.4 Å². The number of hydrogen-bond donors (Lipinski definition) is 0. The molecule has 0 aliphatic carbocycles. The molecule has 25 heavy (non-hydrogen) atoms. The SMILES string of the molecule is Cc1ccc2nc(N3CCN(C(=O)c4ccc(Cl)cc4)CC3)sc2c1. The summed E-state index contributed by atoms with van der Waals surface area (Å²) in [7, 11) is 0. The fraction of sp³-hybridized carbons (Fsp3) is 0.263. The van der Waals surface area contributed by atoms with Gasteiger partial charge in [0.25, 0.3) is 5.91 Å². The number of aromatic nitrogens is 1. The molecule has 2 aromatic carbocycles. The van der Waals surface area contributed by atoms with Crippen LogP contribution in [0, 0.1) is 6.92 Å². The summed E-state index contributed by atoms with van der Waals surface area (Å²) in [5, 5.41) is 1.69. The molecule has 0 radical (unpaired) electrons. The quantitative estimate of drug-likeness (QED) is 0.676. The number of benzene rings is 2. The van der Waals surface area contributed by atoms with Gasteiger partial charge in [-0.3, -0.25) is 4.79 Å². The highest BCUT2D eigenvalue weighted by Gasteiger charge is 2.23. The minimum Gasteiger partial charge on any atom is -0.345 e. The highest BCUT2D eigenvalue weighted by Crippen LogP contribution is 2.30. The molecule has 128 valence electrons. The van der Waals surface area contributed by atoms with Crippen molar-refractivity contribution in [2.45, 2.75) is 6.92 Å². The van der Waals surface area contributed by atoms with Crippen LogP contribution in [-0.4, -0.2) is 42.0 Å². The summed E-state index contributed by atoms with van der Waals surface area (Å²) in [6.07, 6.45) is 0. The number of halogens is 1.